The summed E-state index contributed by atoms with van der Waals surface area (Å²) in [5, 5.41) is 20.1. The summed E-state index contributed by atoms with van der Waals surface area (Å²) in [5.74, 6) is -0.968. The fourth-order valence-corrected chi connectivity index (χ4v) is 2.73. The molecular weight excluding hydrogens is 212 g/mol. The number of rotatable bonds is 4. The normalized spacial score (nSPS) is 18.2. The van der Waals surface area contributed by atoms with Crippen molar-refractivity contribution in [2.45, 2.75) is 50.7 Å². The van der Waals surface area contributed by atoms with Crippen molar-refractivity contribution in [2.75, 3.05) is 0 Å². The van der Waals surface area contributed by atoms with E-state index in [-0.39, 0.29) is 0 Å². The van der Waals surface area contributed by atoms with Crippen LogP contribution in [-0.2, 0) is 5.79 Å². The first-order valence-electron chi connectivity index (χ1n) is 6.69. The van der Waals surface area contributed by atoms with Gasteiger partial charge in [-0.25, -0.2) is 0 Å². The standard InChI is InChI=1S/C15H22O2/c16-15(17,14-9-5-2-6-10-14)12-11-13-7-3-1-4-8-13/h2,5-6,9-10,13,16-17H,1,3-4,7-8,11-12H2. The van der Waals surface area contributed by atoms with Gasteiger partial charge in [-0.15, -0.1) is 0 Å². The van der Waals surface area contributed by atoms with Crippen molar-refractivity contribution in [3.8, 4) is 0 Å². The third kappa shape index (κ3) is 3.55. The van der Waals surface area contributed by atoms with Crippen molar-refractivity contribution in [1.29, 1.82) is 0 Å². The Morgan fingerprint density at radius 3 is 2.29 bits per heavy atom. The van der Waals surface area contributed by atoms with Gasteiger partial charge in [-0.1, -0.05) is 62.4 Å². The molecule has 1 aromatic rings. The van der Waals surface area contributed by atoms with E-state index in [2.05, 4.69) is 0 Å². The Balaban J connectivity index is 1.88. The van der Waals surface area contributed by atoms with Crippen LogP contribution >= 0.6 is 0 Å². The maximum absolute atomic E-state index is 10.1. The zero-order valence-electron chi connectivity index (χ0n) is 10.3. The third-order valence-electron chi connectivity index (χ3n) is 3.86. The molecule has 0 aromatic heterocycles. The Labute approximate surface area is 103 Å². The first kappa shape index (κ1) is 12.6. The molecule has 0 heterocycles. The van der Waals surface area contributed by atoms with Crippen molar-refractivity contribution in [2.24, 2.45) is 5.92 Å². The lowest BCUT2D eigenvalue weighted by atomic mass is 9.84. The zero-order chi connectivity index (χ0) is 12.1. The molecule has 0 amide bonds. The summed E-state index contributed by atoms with van der Waals surface area (Å²) in [5.41, 5.74) is 0.607. The fraction of sp³-hybridized carbons (Fsp3) is 0.600. The minimum Gasteiger partial charge on any atom is -0.362 e. The molecule has 0 unspecified atom stereocenters. The molecule has 0 atom stereocenters. The van der Waals surface area contributed by atoms with Crippen LogP contribution < -0.4 is 0 Å². The summed E-state index contributed by atoms with van der Waals surface area (Å²) in [6.07, 6.45) is 7.83. The summed E-state index contributed by atoms with van der Waals surface area (Å²) in [7, 11) is 0. The minimum absolute atomic E-state index is 0.446. The van der Waals surface area contributed by atoms with E-state index < -0.39 is 5.79 Å². The van der Waals surface area contributed by atoms with Gasteiger partial charge in [0.25, 0.3) is 0 Å². The van der Waals surface area contributed by atoms with E-state index in [1.807, 2.05) is 18.2 Å². The number of hydrogen-bond acceptors (Lipinski definition) is 2. The van der Waals surface area contributed by atoms with Gasteiger partial charge in [-0.3, -0.25) is 0 Å². The lowest BCUT2D eigenvalue weighted by Gasteiger charge is -2.27. The molecule has 2 rings (SSSR count). The molecule has 0 radical (unpaired) electrons. The lowest BCUT2D eigenvalue weighted by molar-refractivity contribution is -0.177. The molecule has 1 aliphatic carbocycles. The maximum atomic E-state index is 10.1. The van der Waals surface area contributed by atoms with Crippen molar-refractivity contribution >= 4 is 0 Å². The molecule has 2 heteroatoms. The summed E-state index contributed by atoms with van der Waals surface area (Å²) in [6, 6.07) is 9.14. The smallest absolute Gasteiger partial charge is 0.189 e. The Bertz CT molecular complexity index is 326. The van der Waals surface area contributed by atoms with Gasteiger partial charge >= 0.3 is 0 Å². The molecule has 0 bridgehead atoms. The van der Waals surface area contributed by atoms with Gasteiger partial charge < -0.3 is 10.2 Å². The second-order valence-corrected chi connectivity index (χ2v) is 5.23. The summed E-state index contributed by atoms with van der Waals surface area (Å²) in [6.45, 7) is 0. The van der Waals surface area contributed by atoms with Crippen molar-refractivity contribution < 1.29 is 10.2 Å². The topological polar surface area (TPSA) is 40.5 Å². The van der Waals surface area contributed by atoms with Crippen molar-refractivity contribution in [3.63, 3.8) is 0 Å². The zero-order valence-corrected chi connectivity index (χ0v) is 10.3. The van der Waals surface area contributed by atoms with Crippen LogP contribution in [0, 0.1) is 5.92 Å². The quantitative estimate of drug-likeness (QED) is 0.785. The first-order valence-corrected chi connectivity index (χ1v) is 6.69. The van der Waals surface area contributed by atoms with Crippen LogP contribution in [0.1, 0.15) is 50.5 Å². The SMILES string of the molecule is OC(O)(CCC1CCCCC1)c1ccccc1. The van der Waals surface area contributed by atoms with Crippen LogP contribution in [0.4, 0.5) is 0 Å². The maximum Gasteiger partial charge on any atom is 0.189 e. The number of aliphatic hydroxyl groups is 2. The highest BCUT2D eigenvalue weighted by molar-refractivity contribution is 5.19. The summed E-state index contributed by atoms with van der Waals surface area (Å²) >= 11 is 0. The molecule has 0 aliphatic heterocycles. The Kier molecular flexibility index (Phi) is 4.19. The first-order chi connectivity index (χ1) is 8.18. The van der Waals surface area contributed by atoms with E-state index >= 15 is 0 Å². The minimum atomic E-state index is -1.65. The highest BCUT2D eigenvalue weighted by Crippen LogP contribution is 2.31. The van der Waals surface area contributed by atoms with Gasteiger partial charge in [-0.05, 0) is 12.3 Å². The van der Waals surface area contributed by atoms with E-state index in [1.165, 1.54) is 32.1 Å². The monoisotopic (exact) mass is 234 g/mol. The van der Waals surface area contributed by atoms with Crippen LogP contribution in [0.15, 0.2) is 30.3 Å². The Hall–Kier alpha value is -0.860. The number of benzene rings is 1. The van der Waals surface area contributed by atoms with Gasteiger partial charge in [0.2, 0.25) is 0 Å². The van der Waals surface area contributed by atoms with Gasteiger partial charge in [0.1, 0.15) is 0 Å². The predicted octanol–water partition coefficient (Wildman–Crippen LogP) is 3.18. The van der Waals surface area contributed by atoms with Crippen LogP contribution in [0.3, 0.4) is 0 Å². The largest absolute Gasteiger partial charge is 0.362 e. The Morgan fingerprint density at radius 1 is 1.00 bits per heavy atom. The Morgan fingerprint density at radius 2 is 1.65 bits per heavy atom. The molecule has 0 saturated heterocycles. The van der Waals surface area contributed by atoms with Crippen molar-refractivity contribution in [1.82, 2.24) is 0 Å². The van der Waals surface area contributed by atoms with Gasteiger partial charge in [0, 0.05) is 12.0 Å². The fourth-order valence-electron chi connectivity index (χ4n) is 2.73. The lowest BCUT2D eigenvalue weighted by Crippen LogP contribution is -2.26. The molecule has 1 aliphatic rings. The van der Waals surface area contributed by atoms with Crippen LogP contribution in [0.25, 0.3) is 0 Å². The van der Waals surface area contributed by atoms with Crippen LogP contribution in [0.5, 0.6) is 0 Å². The molecule has 17 heavy (non-hydrogen) atoms. The van der Waals surface area contributed by atoms with Crippen molar-refractivity contribution in [3.05, 3.63) is 35.9 Å². The van der Waals surface area contributed by atoms with Crippen LogP contribution in [0.2, 0.25) is 0 Å². The van der Waals surface area contributed by atoms with E-state index in [0.717, 1.165) is 6.42 Å². The highest BCUT2D eigenvalue weighted by atomic mass is 16.5. The molecular formula is C15H22O2. The molecule has 1 saturated carbocycles. The second-order valence-electron chi connectivity index (χ2n) is 5.23. The average molecular weight is 234 g/mol. The summed E-state index contributed by atoms with van der Waals surface area (Å²) < 4.78 is 0. The number of hydrogen-bond donors (Lipinski definition) is 2. The van der Waals surface area contributed by atoms with E-state index in [1.54, 1.807) is 12.1 Å². The van der Waals surface area contributed by atoms with Gasteiger partial charge in [-0.2, -0.15) is 0 Å². The third-order valence-corrected chi connectivity index (χ3v) is 3.86. The molecule has 94 valence electrons. The van der Waals surface area contributed by atoms with Gasteiger partial charge in [0.15, 0.2) is 5.79 Å². The molecule has 1 aromatic carbocycles. The van der Waals surface area contributed by atoms with E-state index in [4.69, 9.17) is 0 Å². The molecule has 2 N–H and O–H groups in total. The molecule has 2 nitrogen and oxygen atoms in total. The van der Waals surface area contributed by atoms with E-state index in [0.29, 0.717) is 17.9 Å². The van der Waals surface area contributed by atoms with Gasteiger partial charge in [0.05, 0.1) is 0 Å². The molecule has 0 spiro atoms. The predicted molar refractivity (Wildman–Crippen MR) is 68.4 cm³/mol. The second kappa shape index (κ2) is 5.65. The molecule has 1 fully saturated rings. The average Bonchev–Trinajstić information content (AvgIpc) is 2.39. The highest BCUT2D eigenvalue weighted by Gasteiger charge is 2.27. The summed E-state index contributed by atoms with van der Waals surface area (Å²) in [4.78, 5) is 0. The van der Waals surface area contributed by atoms with Crippen LogP contribution in [-0.4, -0.2) is 10.2 Å². The van der Waals surface area contributed by atoms with E-state index in [9.17, 15) is 10.2 Å².